The number of rotatable bonds is 2. The lowest BCUT2D eigenvalue weighted by Gasteiger charge is -2.51. The van der Waals surface area contributed by atoms with Crippen molar-refractivity contribution in [2.75, 3.05) is 19.6 Å². The van der Waals surface area contributed by atoms with E-state index >= 15 is 0 Å². The molecule has 1 aromatic heterocycles. The van der Waals surface area contributed by atoms with E-state index < -0.39 is 0 Å². The van der Waals surface area contributed by atoms with Gasteiger partial charge < -0.3 is 4.90 Å². The lowest BCUT2D eigenvalue weighted by atomic mass is 9.75. The molecule has 4 aliphatic rings. The fourth-order valence-electron chi connectivity index (χ4n) is 5.50. The van der Waals surface area contributed by atoms with E-state index in [1.807, 2.05) is 25.1 Å². The predicted molar refractivity (Wildman–Crippen MR) is 101 cm³/mol. The van der Waals surface area contributed by atoms with Gasteiger partial charge in [0.15, 0.2) is 0 Å². The van der Waals surface area contributed by atoms with Gasteiger partial charge in [0.1, 0.15) is 5.82 Å². The van der Waals surface area contributed by atoms with Crippen molar-refractivity contribution in [1.82, 2.24) is 14.8 Å². The lowest BCUT2D eigenvalue weighted by Crippen LogP contribution is -2.60. The average Bonchev–Trinajstić information content (AvgIpc) is 3.12. The largest absolute Gasteiger partial charge is 0.333 e. The highest BCUT2D eigenvalue weighted by molar-refractivity contribution is 5.96. The Kier molecular flexibility index (Phi) is 4.01. The summed E-state index contributed by atoms with van der Waals surface area (Å²) in [6.07, 6.45) is 5.74. The van der Waals surface area contributed by atoms with Gasteiger partial charge in [-0.3, -0.25) is 14.7 Å². The summed E-state index contributed by atoms with van der Waals surface area (Å²) in [5.41, 5.74) is 2.81. The maximum absolute atomic E-state index is 13.4. The zero-order chi connectivity index (χ0) is 18.5. The van der Waals surface area contributed by atoms with Gasteiger partial charge in [0.25, 0.3) is 5.91 Å². The van der Waals surface area contributed by atoms with E-state index in [4.69, 9.17) is 0 Å². The number of amides is 1. The maximum atomic E-state index is 13.4. The molecular weight excluding hydrogens is 341 g/mol. The highest BCUT2D eigenvalue weighted by Crippen LogP contribution is 2.47. The van der Waals surface area contributed by atoms with Gasteiger partial charge >= 0.3 is 0 Å². The van der Waals surface area contributed by atoms with Crippen LogP contribution in [-0.4, -0.2) is 52.4 Å². The van der Waals surface area contributed by atoms with E-state index in [-0.39, 0.29) is 23.7 Å². The Morgan fingerprint density at radius 2 is 1.85 bits per heavy atom. The monoisotopic (exact) mass is 365 g/mol. The van der Waals surface area contributed by atoms with Crippen LogP contribution in [0.15, 0.2) is 42.7 Å². The van der Waals surface area contributed by atoms with Crippen molar-refractivity contribution in [3.05, 3.63) is 65.2 Å². The molecule has 2 bridgehead atoms. The molecule has 1 amide bonds. The molecule has 0 aliphatic carbocycles. The molecule has 4 fully saturated rings. The molecule has 4 nitrogen and oxygen atoms in total. The van der Waals surface area contributed by atoms with Gasteiger partial charge in [-0.25, -0.2) is 4.39 Å². The molecule has 0 saturated carbocycles. The molecule has 5 heteroatoms. The molecule has 1 aromatic carbocycles. The Balaban J connectivity index is 1.53. The van der Waals surface area contributed by atoms with Crippen LogP contribution in [0.25, 0.3) is 0 Å². The van der Waals surface area contributed by atoms with Gasteiger partial charge in [-0.2, -0.15) is 0 Å². The molecule has 3 atom stereocenters. The molecule has 0 N–H and O–H groups in total. The molecule has 4 aliphatic heterocycles. The summed E-state index contributed by atoms with van der Waals surface area (Å²) in [5, 5.41) is 0. The summed E-state index contributed by atoms with van der Waals surface area (Å²) >= 11 is 0. The third-order valence-electron chi connectivity index (χ3n) is 6.82. The van der Waals surface area contributed by atoms with Crippen LogP contribution in [0.2, 0.25) is 0 Å². The van der Waals surface area contributed by atoms with Crippen LogP contribution >= 0.6 is 0 Å². The fourth-order valence-corrected chi connectivity index (χ4v) is 5.50. The zero-order valence-electron chi connectivity index (χ0n) is 15.5. The van der Waals surface area contributed by atoms with E-state index in [2.05, 4.69) is 14.8 Å². The Labute approximate surface area is 159 Å². The maximum Gasteiger partial charge on any atom is 0.256 e. The topological polar surface area (TPSA) is 36.4 Å². The first-order chi connectivity index (χ1) is 13.1. The number of aromatic nitrogens is 1. The minimum absolute atomic E-state index is 0.0916. The summed E-state index contributed by atoms with van der Waals surface area (Å²) in [6.45, 7) is 4.88. The molecule has 6 rings (SSSR count). The third kappa shape index (κ3) is 2.67. The second-order valence-corrected chi connectivity index (χ2v) is 8.16. The van der Waals surface area contributed by atoms with Crippen LogP contribution in [-0.2, 0) is 0 Å². The summed E-state index contributed by atoms with van der Waals surface area (Å²) in [5.74, 6) is 0.678. The number of carbonyl (C=O) groups is 1. The fraction of sp³-hybridized carbons (Fsp3) is 0.455. The number of fused-ring (bicyclic) bond motifs is 2. The predicted octanol–water partition coefficient (Wildman–Crippen LogP) is 3.23. The number of hydrogen-bond donors (Lipinski definition) is 0. The normalized spacial score (nSPS) is 31.8. The van der Waals surface area contributed by atoms with Crippen LogP contribution in [0.1, 0.15) is 40.2 Å². The average molecular weight is 365 g/mol. The van der Waals surface area contributed by atoms with Crippen LogP contribution in [0.5, 0.6) is 0 Å². The quantitative estimate of drug-likeness (QED) is 0.820. The van der Waals surface area contributed by atoms with Crippen molar-refractivity contribution in [2.45, 2.75) is 37.8 Å². The van der Waals surface area contributed by atoms with Crippen molar-refractivity contribution in [3.63, 3.8) is 0 Å². The molecule has 140 valence electrons. The molecular formula is C22H24FN3O. The third-order valence-corrected chi connectivity index (χ3v) is 6.82. The van der Waals surface area contributed by atoms with Gasteiger partial charge in [-0.15, -0.1) is 0 Å². The first-order valence-corrected chi connectivity index (χ1v) is 9.84. The number of hydrogen-bond acceptors (Lipinski definition) is 3. The lowest BCUT2D eigenvalue weighted by molar-refractivity contribution is -0.00344. The van der Waals surface area contributed by atoms with Crippen LogP contribution < -0.4 is 0 Å². The van der Waals surface area contributed by atoms with E-state index in [1.165, 1.54) is 12.1 Å². The summed E-state index contributed by atoms with van der Waals surface area (Å²) in [4.78, 5) is 22.3. The molecule has 27 heavy (non-hydrogen) atoms. The minimum atomic E-state index is -0.210. The smallest absolute Gasteiger partial charge is 0.256 e. The zero-order valence-corrected chi connectivity index (χ0v) is 15.5. The van der Waals surface area contributed by atoms with Gasteiger partial charge in [0, 0.05) is 30.9 Å². The number of likely N-dealkylation sites (tertiary alicyclic amines) is 1. The van der Waals surface area contributed by atoms with E-state index in [0.717, 1.165) is 37.1 Å². The first kappa shape index (κ1) is 16.9. The van der Waals surface area contributed by atoms with Crippen LogP contribution in [0.3, 0.4) is 0 Å². The highest BCUT2D eigenvalue weighted by atomic mass is 19.1. The van der Waals surface area contributed by atoms with Crippen molar-refractivity contribution < 1.29 is 9.18 Å². The molecule has 0 radical (unpaired) electrons. The Morgan fingerprint density at radius 3 is 2.56 bits per heavy atom. The number of carbonyl (C=O) groups excluding carboxylic acids is 1. The SMILES string of the molecule is Cc1ccncc1C(=O)N1C[C@@H](c2ccc(F)cc2)[C@@H]2[C@H]1C1CCN2CC1. The Bertz CT molecular complexity index is 860. The van der Waals surface area contributed by atoms with Crippen molar-refractivity contribution in [1.29, 1.82) is 0 Å². The Morgan fingerprint density at radius 1 is 1.11 bits per heavy atom. The number of aryl methyl sites for hydroxylation is 1. The van der Waals surface area contributed by atoms with E-state index in [0.29, 0.717) is 24.1 Å². The van der Waals surface area contributed by atoms with Gasteiger partial charge in [-0.05, 0) is 68.1 Å². The number of nitrogens with zero attached hydrogens (tertiary/aromatic N) is 3. The summed E-state index contributed by atoms with van der Waals surface area (Å²) in [7, 11) is 0. The van der Waals surface area contributed by atoms with Crippen molar-refractivity contribution in [3.8, 4) is 0 Å². The van der Waals surface area contributed by atoms with Crippen molar-refractivity contribution >= 4 is 5.91 Å². The molecule has 5 heterocycles. The molecule has 0 unspecified atom stereocenters. The summed E-state index contributed by atoms with van der Waals surface area (Å²) < 4.78 is 13.4. The summed E-state index contributed by atoms with van der Waals surface area (Å²) in [6, 6.07) is 9.34. The van der Waals surface area contributed by atoms with Gasteiger partial charge in [0.05, 0.1) is 11.6 Å². The Hall–Kier alpha value is -2.27. The second kappa shape index (κ2) is 6.41. The van der Waals surface area contributed by atoms with Crippen LogP contribution in [0.4, 0.5) is 4.39 Å². The minimum Gasteiger partial charge on any atom is -0.333 e. The molecule has 0 spiro atoms. The number of halogens is 1. The van der Waals surface area contributed by atoms with Gasteiger partial charge in [-0.1, -0.05) is 12.1 Å². The molecule has 2 aromatic rings. The number of benzene rings is 1. The van der Waals surface area contributed by atoms with Crippen LogP contribution in [0, 0.1) is 18.7 Å². The molecule has 4 saturated heterocycles. The second-order valence-electron chi connectivity index (χ2n) is 8.16. The van der Waals surface area contributed by atoms with Crippen molar-refractivity contribution in [2.24, 2.45) is 5.92 Å². The number of piperidine rings is 3. The first-order valence-electron chi connectivity index (χ1n) is 9.84. The standard InChI is InChI=1S/C22H24FN3O/c1-14-6-9-24-12-18(14)22(27)26-13-19(15-2-4-17(23)5-3-15)21-20(26)16-7-10-25(21)11-8-16/h2-6,9,12,16,19-21H,7-8,10-11,13H2,1H3/t19-,20+,21+/m0/s1. The van der Waals surface area contributed by atoms with E-state index in [1.54, 1.807) is 12.4 Å². The number of pyridine rings is 1. The van der Waals surface area contributed by atoms with Gasteiger partial charge in [0.2, 0.25) is 0 Å². The van der Waals surface area contributed by atoms with E-state index in [9.17, 15) is 9.18 Å². The highest BCUT2D eigenvalue weighted by Gasteiger charge is 2.54.